The van der Waals surface area contributed by atoms with Gasteiger partial charge in [0.1, 0.15) is 18.5 Å². The third-order valence-corrected chi connectivity index (χ3v) is 4.69. The number of ether oxygens (including phenoxy) is 1. The van der Waals surface area contributed by atoms with Gasteiger partial charge in [-0.05, 0) is 18.1 Å². The van der Waals surface area contributed by atoms with Crippen LogP contribution in [0.25, 0.3) is 0 Å². The zero-order valence-electron chi connectivity index (χ0n) is 13.2. The zero-order chi connectivity index (χ0) is 16.5. The van der Waals surface area contributed by atoms with Crippen LogP contribution in [0.1, 0.15) is 29.6 Å². The normalized spacial score (nSPS) is 27.5. The molecule has 2 amide bonds. The Morgan fingerprint density at radius 2 is 1.71 bits per heavy atom. The lowest BCUT2D eigenvalue weighted by molar-refractivity contribution is 0.0774. The molecule has 1 aliphatic carbocycles. The predicted octanol–water partition coefficient (Wildman–Crippen LogP) is 2.34. The SMILES string of the molecule is O=C(N[C@H]1COc2ccccc2[C@@H]1O)N[C@@H]1C[C@H]1c1ccccc1. The van der Waals surface area contributed by atoms with Crippen LogP contribution in [-0.2, 0) is 0 Å². The maximum atomic E-state index is 12.2. The number of urea groups is 1. The van der Waals surface area contributed by atoms with E-state index in [2.05, 4.69) is 22.8 Å². The molecule has 0 radical (unpaired) electrons. The summed E-state index contributed by atoms with van der Waals surface area (Å²) in [7, 11) is 0. The first-order valence-electron chi connectivity index (χ1n) is 8.24. The molecule has 3 N–H and O–H groups in total. The Labute approximate surface area is 140 Å². The molecule has 2 aromatic rings. The molecule has 0 bridgehead atoms. The van der Waals surface area contributed by atoms with Crippen molar-refractivity contribution in [1.82, 2.24) is 10.6 Å². The minimum absolute atomic E-state index is 0.154. The van der Waals surface area contributed by atoms with Crippen molar-refractivity contribution in [1.29, 1.82) is 0 Å². The number of aliphatic hydroxyl groups excluding tert-OH is 1. The minimum Gasteiger partial charge on any atom is -0.491 e. The summed E-state index contributed by atoms with van der Waals surface area (Å²) in [6.07, 6.45) is 0.189. The van der Waals surface area contributed by atoms with Gasteiger partial charge in [0, 0.05) is 17.5 Å². The molecule has 5 heteroatoms. The Morgan fingerprint density at radius 3 is 2.54 bits per heavy atom. The van der Waals surface area contributed by atoms with Crippen molar-refractivity contribution in [3.63, 3.8) is 0 Å². The van der Waals surface area contributed by atoms with Crippen LogP contribution < -0.4 is 15.4 Å². The van der Waals surface area contributed by atoms with Gasteiger partial charge in [-0.2, -0.15) is 0 Å². The Kier molecular flexibility index (Phi) is 3.86. The summed E-state index contributed by atoms with van der Waals surface area (Å²) in [6.45, 7) is 0.262. The van der Waals surface area contributed by atoms with E-state index in [0.29, 0.717) is 17.2 Å². The van der Waals surface area contributed by atoms with Crippen LogP contribution in [0.3, 0.4) is 0 Å². The van der Waals surface area contributed by atoms with Crippen LogP contribution in [0.15, 0.2) is 54.6 Å². The van der Waals surface area contributed by atoms with E-state index in [-0.39, 0.29) is 18.7 Å². The third-order valence-electron chi connectivity index (χ3n) is 4.69. The van der Waals surface area contributed by atoms with Crippen LogP contribution in [0, 0.1) is 0 Å². The quantitative estimate of drug-likeness (QED) is 0.811. The van der Waals surface area contributed by atoms with Crippen molar-refractivity contribution in [2.45, 2.75) is 30.5 Å². The standard InChI is InChI=1S/C19H20N2O3/c22-18-13-8-4-5-9-17(13)24-11-16(18)21-19(23)20-15-10-14(15)12-6-2-1-3-7-12/h1-9,14-16,18,22H,10-11H2,(H2,20,21,23)/t14-,15+,16-,18-/m0/s1. The second kappa shape index (κ2) is 6.17. The Hall–Kier alpha value is -2.53. The number of para-hydroxylation sites is 1. The molecule has 4 rings (SSSR count). The molecule has 1 fully saturated rings. The van der Waals surface area contributed by atoms with Gasteiger partial charge < -0.3 is 20.5 Å². The summed E-state index contributed by atoms with van der Waals surface area (Å²) in [6, 6.07) is 17.0. The van der Waals surface area contributed by atoms with E-state index in [0.717, 1.165) is 6.42 Å². The number of fused-ring (bicyclic) bond motifs is 1. The Balaban J connectivity index is 1.33. The smallest absolute Gasteiger partial charge is 0.315 e. The lowest BCUT2D eigenvalue weighted by atomic mass is 9.99. The lowest BCUT2D eigenvalue weighted by Gasteiger charge is -2.30. The Bertz CT molecular complexity index is 734. The molecular formula is C19H20N2O3. The molecule has 0 saturated heterocycles. The highest BCUT2D eigenvalue weighted by Gasteiger charge is 2.40. The van der Waals surface area contributed by atoms with E-state index in [1.54, 1.807) is 0 Å². The fraction of sp³-hybridized carbons (Fsp3) is 0.316. The molecule has 5 nitrogen and oxygen atoms in total. The van der Waals surface area contributed by atoms with E-state index >= 15 is 0 Å². The number of aliphatic hydroxyl groups is 1. The Morgan fingerprint density at radius 1 is 1.00 bits per heavy atom. The van der Waals surface area contributed by atoms with Crippen molar-refractivity contribution < 1.29 is 14.6 Å². The average molecular weight is 324 g/mol. The number of rotatable bonds is 3. The van der Waals surface area contributed by atoms with E-state index in [1.807, 2.05) is 42.5 Å². The maximum absolute atomic E-state index is 12.2. The van der Waals surface area contributed by atoms with Crippen molar-refractivity contribution in [3.05, 3.63) is 65.7 Å². The fourth-order valence-electron chi connectivity index (χ4n) is 3.27. The molecule has 0 aromatic heterocycles. The molecule has 0 unspecified atom stereocenters. The van der Waals surface area contributed by atoms with Gasteiger partial charge in [0.25, 0.3) is 0 Å². The highest BCUT2D eigenvalue weighted by Crippen LogP contribution is 2.40. The summed E-state index contributed by atoms with van der Waals surface area (Å²) in [5, 5.41) is 16.2. The van der Waals surface area contributed by atoms with Gasteiger partial charge >= 0.3 is 6.03 Å². The van der Waals surface area contributed by atoms with Crippen LogP contribution >= 0.6 is 0 Å². The molecule has 4 atom stereocenters. The zero-order valence-corrected chi connectivity index (χ0v) is 13.2. The molecule has 0 spiro atoms. The fourth-order valence-corrected chi connectivity index (χ4v) is 3.27. The van der Waals surface area contributed by atoms with Gasteiger partial charge in [-0.3, -0.25) is 0 Å². The monoisotopic (exact) mass is 324 g/mol. The highest BCUT2D eigenvalue weighted by atomic mass is 16.5. The number of amides is 2. The summed E-state index contributed by atoms with van der Waals surface area (Å²) in [5.41, 5.74) is 1.96. The maximum Gasteiger partial charge on any atom is 0.315 e. The number of hydrogen-bond donors (Lipinski definition) is 3. The van der Waals surface area contributed by atoms with Gasteiger partial charge in [0.05, 0.1) is 6.04 Å². The van der Waals surface area contributed by atoms with Gasteiger partial charge in [-0.15, -0.1) is 0 Å². The number of hydrogen-bond acceptors (Lipinski definition) is 3. The molecule has 124 valence electrons. The summed E-state index contributed by atoms with van der Waals surface area (Å²) < 4.78 is 5.62. The molecule has 1 aliphatic heterocycles. The van der Waals surface area contributed by atoms with Crippen molar-refractivity contribution in [2.75, 3.05) is 6.61 Å². The minimum atomic E-state index is -0.759. The van der Waals surface area contributed by atoms with Crippen LogP contribution in [0.4, 0.5) is 4.79 Å². The van der Waals surface area contributed by atoms with Crippen LogP contribution in [0.2, 0.25) is 0 Å². The predicted molar refractivity (Wildman–Crippen MR) is 89.9 cm³/mol. The van der Waals surface area contributed by atoms with Crippen molar-refractivity contribution in [2.24, 2.45) is 0 Å². The van der Waals surface area contributed by atoms with E-state index in [1.165, 1.54) is 5.56 Å². The first kappa shape index (κ1) is 15.0. The molecular weight excluding hydrogens is 304 g/mol. The molecule has 1 saturated carbocycles. The first-order chi connectivity index (χ1) is 11.7. The molecule has 2 aliphatic rings. The topological polar surface area (TPSA) is 70.6 Å². The van der Waals surface area contributed by atoms with E-state index in [4.69, 9.17) is 4.74 Å². The highest BCUT2D eigenvalue weighted by molar-refractivity contribution is 5.75. The largest absolute Gasteiger partial charge is 0.491 e. The number of carbonyl (C=O) groups is 1. The van der Waals surface area contributed by atoms with Gasteiger partial charge in [-0.1, -0.05) is 48.5 Å². The molecule has 24 heavy (non-hydrogen) atoms. The second-order valence-electron chi connectivity index (χ2n) is 6.38. The molecule has 2 aromatic carbocycles. The summed E-state index contributed by atoms with van der Waals surface area (Å²) in [4.78, 5) is 12.2. The second-order valence-corrected chi connectivity index (χ2v) is 6.38. The van der Waals surface area contributed by atoms with Gasteiger partial charge in [0.15, 0.2) is 0 Å². The third kappa shape index (κ3) is 2.95. The number of carbonyl (C=O) groups excluding carboxylic acids is 1. The van der Waals surface area contributed by atoms with Gasteiger partial charge in [-0.25, -0.2) is 4.79 Å². The average Bonchev–Trinajstić information content (AvgIpc) is 3.37. The summed E-state index contributed by atoms with van der Waals surface area (Å²) in [5.74, 6) is 1.06. The lowest BCUT2D eigenvalue weighted by Crippen LogP contribution is -2.49. The van der Waals surface area contributed by atoms with Crippen molar-refractivity contribution in [3.8, 4) is 5.75 Å². The number of benzene rings is 2. The van der Waals surface area contributed by atoms with Crippen LogP contribution in [0.5, 0.6) is 5.75 Å². The first-order valence-corrected chi connectivity index (χ1v) is 8.24. The number of nitrogens with one attached hydrogen (secondary N) is 2. The summed E-state index contributed by atoms with van der Waals surface area (Å²) >= 11 is 0. The van der Waals surface area contributed by atoms with Crippen molar-refractivity contribution >= 4 is 6.03 Å². The van der Waals surface area contributed by atoms with Crippen LogP contribution in [-0.4, -0.2) is 29.8 Å². The van der Waals surface area contributed by atoms with Gasteiger partial charge in [0.2, 0.25) is 0 Å². The molecule has 1 heterocycles. The van der Waals surface area contributed by atoms with E-state index in [9.17, 15) is 9.90 Å². The van der Waals surface area contributed by atoms with E-state index < -0.39 is 12.1 Å².